The van der Waals surface area contributed by atoms with Crippen molar-refractivity contribution in [2.75, 3.05) is 31.5 Å². The molecule has 0 spiro atoms. The first kappa shape index (κ1) is 26.3. The summed E-state index contributed by atoms with van der Waals surface area (Å²) in [5.74, 6) is 0.0115. The molecule has 0 atom stereocenters. The second kappa shape index (κ2) is 12.9. The van der Waals surface area contributed by atoms with Gasteiger partial charge in [0, 0.05) is 44.5 Å². The van der Waals surface area contributed by atoms with E-state index in [0.717, 1.165) is 38.4 Å². The van der Waals surface area contributed by atoms with Gasteiger partial charge in [0.1, 0.15) is 0 Å². The van der Waals surface area contributed by atoms with Gasteiger partial charge in [-0.15, -0.1) is 36.2 Å². The molecule has 2 heterocycles. The lowest BCUT2D eigenvalue weighted by molar-refractivity contribution is -0.115. The molecule has 1 fully saturated rings. The predicted molar refractivity (Wildman–Crippen MR) is 137 cm³/mol. The molecular formula is C24H30Cl2N4OS. The Kier molecular flexibility index (Phi) is 10.6. The minimum absolute atomic E-state index is 0. The molecule has 1 saturated heterocycles. The highest BCUT2D eigenvalue weighted by Crippen LogP contribution is 2.29. The molecule has 172 valence electrons. The average molecular weight is 494 g/mol. The van der Waals surface area contributed by atoms with E-state index in [2.05, 4.69) is 80.8 Å². The smallest absolute Gasteiger partial charge is 0.225 e. The monoisotopic (exact) mass is 492 g/mol. The van der Waals surface area contributed by atoms with Crippen molar-refractivity contribution in [2.24, 2.45) is 0 Å². The van der Waals surface area contributed by atoms with Gasteiger partial charge in [0.05, 0.1) is 11.7 Å². The van der Waals surface area contributed by atoms with Gasteiger partial charge in [-0.3, -0.25) is 14.6 Å². The zero-order valence-electron chi connectivity index (χ0n) is 18.1. The number of nitrogens with one attached hydrogen (secondary N) is 1. The molecular weight excluding hydrogens is 463 g/mol. The van der Waals surface area contributed by atoms with Crippen LogP contribution in [0.5, 0.6) is 0 Å². The van der Waals surface area contributed by atoms with Gasteiger partial charge < -0.3 is 5.32 Å². The van der Waals surface area contributed by atoms with Crippen LogP contribution in [-0.4, -0.2) is 46.9 Å². The highest BCUT2D eigenvalue weighted by molar-refractivity contribution is 7.13. The first-order valence-electron chi connectivity index (χ1n) is 10.5. The number of halogens is 2. The van der Waals surface area contributed by atoms with E-state index in [4.69, 9.17) is 0 Å². The third-order valence-electron chi connectivity index (χ3n) is 5.51. The van der Waals surface area contributed by atoms with Gasteiger partial charge in [0.2, 0.25) is 5.91 Å². The number of thiazole rings is 1. The molecule has 0 bridgehead atoms. The Morgan fingerprint density at radius 2 is 1.53 bits per heavy atom. The number of anilines is 1. The summed E-state index contributed by atoms with van der Waals surface area (Å²) in [5.41, 5.74) is 3.71. The molecule has 0 radical (unpaired) electrons. The fourth-order valence-electron chi connectivity index (χ4n) is 3.94. The van der Waals surface area contributed by atoms with Crippen molar-refractivity contribution in [1.29, 1.82) is 0 Å². The average Bonchev–Trinajstić information content (AvgIpc) is 3.23. The maximum atomic E-state index is 11.6. The van der Waals surface area contributed by atoms with Gasteiger partial charge in [-0.05, 0) is 11.1 Å². The van der Waals surface area contributed by atoms with E-state index in [9.17, 15) is 4.79 Å². The Hall–Kier alpha value is -1.96. The van der Waals surface area contributed by atoms with Crippen LogP contribution >= 0.6 is 36.2 Å². The highest BCUT2D eigenvalue weighted by Gasteiger charge is 2.26. The Bertz CT molecular complexity index is 907. The summed E-state index contributed by atoms with van der Waals surface area (Å²) >= 11 is 1.50. The van der Waals surface area contributed by atoms with Crippen LogP contribution in [0.2, 0.25) is 0 Å². The van der Waals surface area contributed by atoms with Crippen LogP contribution in [0.15, 0.2) is 66.0 Å². The lowest BCUT2D eigenvalue weighted by Crippen LogP contribution is -2.47. The summed E-state index contributed by atoms with van der Waals surface area (Å²) in [6, 6.07) is 21.8. The number of benzene rings is 2. The molecule has 1 amide bonds. The normalized spacial score (nSPS) is 14.4. The van der Waals surface area contributed by atoms with Gasteiger partial charge >= 0.3 is 0 Å². The number of nitrogens with zero attached hydrogens (tertiary/aromatic N) is 3. The minimum atomic E-state index is 0. The van der Waals surface area contributed by atoms with E-state index in [1.807, 2.05) is 12.3 Å². The van der Waals surface area contributed by atoms with Crippen LogP contribution in [0.1, 0.15) is 36.2 Å². The summed E-state index contributed by atoms with van der Waals surface area (Å²) in [5, 5.41) is 5.60. The largest absolute Gasteiger partial charge is 0.302 e. The standard InChI is InChI=1S/C24H28N4OS.2ClH/c1-2-22(29)26-24-25-21(18-30-24)17-27-13-15-28(16-14-27)23(19-9-5-3-6-10-19)20-11-7-4-8-12-20;;/h3-12,18,23H,2,13-17H2,1H3,(H,25,26,29);2*1H. The summed E-state index contributed by atoms with van der Waals surface area (Å²) in [7, 11) is 0. The van der Waals surface area contributed by atoms with Crippen molar-refractivity contribution in [3.63, 3.8) is 0 Å². The molecule has 0 aliphatic carbocycles. The molecule has 2 aromatic carbocycles. The Balaban J connectivity index is 0.00000181. The Morgan fingerprint density at radius 1 is 0.969 bits per heavy atom. The van der Waals surface area contributed by atoms with E-state index in [-0.39, 0.29) is 36.8 Å². The lowest BCUT2D eigenvalue weighted by atomic mass is 9.96. The van der Waals surface area contributed by atoms with E-state index >= 15 is 0 Å². The number of aromatic nitrogens is 1. The summed E-state index contributed by atoms with van der Waals surface area (Å²) in [6.07, 6.45) is 0.473. The highest BCUT2D eigenvalue weighted by atomic mass is 35.5. The molecule has 4 rings (SSSR count). The first-order valence-corrected chi connectivity index (χ1v) is 11.4. The van der Waals surface area contributed by atoms with E-state index in [1.54, 1.807) is 0 Å². The predicted octanol–water partition coefficient (Wildman–Crippen LogP) is 5.24. The van der Waals surface area contributed by atoms with Crippen molar-refractivity contribution >= 4 is 47.2 Å². The molecule has 1 aliphatic rings. The third kappa shape index (κ3) is 6.77. The Labute approximate surface area is 206 Å². The third-order valence-corrected chi connectivity index (χ3v) is 6.31. The van der Waals surface area contributed by atoms with Gasteiger partial charge in [0.25, 0.3) is 0 Å². The van der Waals surface area contributed by atoms with E-state index < -0.39 is 0 Å². The number of hydrogen-bond acceptors (Lipinski definition) is 5. The maximum Gasteiger partial charge on any atom is 0.225 e. The van der Waals surface area contributed by atoms with Crippen molar-refractivity contribution in [3.8, 4) is 0 Å². The maximum absolute atomic E-state index is 11.6. The molecule has 0 unspecified atom stereocenters. The van der Waals surface area contributed by atoms with Crippen LogP contribution in [-0.2, 0) is 11.3 Å². The number of rotatable bonds is 7. The summed E-state index contributed by atoms with van der Waals surface area (Å²) in [6.45, 7) is 6.71. The Morgan fingerprint density at radius 3 is 2.06 bits per heavy atom. The summed E-state index contributed by atoms with van der Waals surface area (Å²) in [4.78, 5) is 21.2. The van der Waals surface area contributed by atoms with Crippen molar-refractivity contribution < 1.29 is 4.79 Å². The number of carbonyl (C=O) groups is 1. The SMILES string of the molecule is CCC(=O)Nc1nc(CN2CCN(C(c3ccccc3)c3ccccc3)CC2)cs1.Cl.Cl. The molecule has 1 aromatic heterocycles. The number of piperazine rings is 1. The molecule has 1 aliphatic heterocycles. The zero-order chi connectivity index (χ0) is 20.8. The quantitative estimate of drug-likeness (QED) is 0.489. The lowest BCUT2D eigenvalue weighted by Gasteiger charge is -2.39. The van der Waals surface area contributed by atoms with E-state index in [1.165, 1.54) is 22.5 Å². The van der Waals surface area contributed by atoms with E-state index in [0.29, 0.717) is 11.6 Å². The number of hydrogen-bond donors (Lipinski definition) is 1. The molecule has 5 nitrogen and oxygen atoms in total. The molecule has 0 saturated carbocycles. The van der Waals surface area contributed by atoms with Crippen molar-refractivity contribution in [1.82, 2.24) is 14.8 Å². The van der Waals surface area contributed by atoms with Gasteiger partial charge in [-0.1, -0.05) is 67.6 Å². The molecule has 8 heteroatoms. The van der Waals surface area contributed by atoms with Crippen LogP contribution in [0, 0.1) is 0 Å². The minimum Gasteiger partial charge on any atom is -0.302 e. The van der Waals surface area contributed by atoms with Gasteiger partial charge in [0.15, 0.2) is 5.13 Å². The number of carbonyl (C=O) groups excluding carboxylic acids is 1. The molecule has 32 heavy (non-hydrogen) atoms. The zero-order valence-corrected chi connectivity index (χ0v) is 20.6. The van der Waals surface area contributed by atoms with Crippen LogP contribution in [0.4, 0.5) is 5.13 Å². The second-order valence-corrected chi connectivity index (χ2v) is 8.44. The van der Waals surface area contributed by atoms with Crippen molar-refractivity contribution in [2.45, 2.75) is 25.9 Å². The van der Waals surface area contributed by atoms with Gasteiger partial charge in [-0.25, -0.2) is 4.98 Å². The fourth-order valence-corrected chi connectivity index (χ4v) is 4.66. The first-order chi connectivity index (χ1) is 14.7. The van der Waals surface area contributed by atoms with Crippen LogP contribution in [0.25, 0.3) is 0 Å². The number of amides is 1. The second-order valence-electron chi connectivity index (χ2n) is 7.58. The molecule has 3 aromatic rings. The van der Waals surface area contributed by atoms with Crippen LogP contribution < -0.4 is 5.32 Å². The van der Waals surface area contributed by atoms with Crippen molar-refractivity contribution in [3.05, 3.63) is 82.9 Å². The van der Waals surface area contributed by atoms with Crippen LogP contribution in [0.3, 0.4) is 0 Å². The van der Waals surface area contributed by atoms with Gasteiger partial charge in [-0.2, -0.15) is 0 Å². The fraction of sp³-hybridized carbons (Fsp3) is 0.333. The summed E-state index contributed by atoms with van der Waals surface area (Å²) < 4.78 is 0. The topological polar surface area (TPSA) is 48.5 Å². The molecule has 1 N–H and O–H groups in total.